The Morgan fingerprint density at radius 3 is 1.26 bits per heavy atom. The van der Waals surface area contributed by atoms with E-state index in [0.29, 0.717) is 45.2 Å². The molecule has 1 fully saturated rings. The number of carbonyl (C=O) groups is 2. The molecule has 1 aliphatic heterocycles. The lowest BCUT2D eigenvalue weighted by Gasteiger charge is -2.38. The lowest BCUT2D eigenvalue weighted by Crippen LogP contribution is -2.47. The first-order valence-electron chi connectivity index (χ1n) is 24.7. The normalized spacial score (nSPS) is 14.2. The van der Waals surface area contributed by atoms with E-state index in [-0.39, 0.29) is 11.9 Å². The number of ether oxygens (including phenoxy) is 2. The van der Waals surface area contributed by atoms with Crippen LogP contribution in [0, 0.1) is 0 Å². The fourth-order valence-corrected chi connectivity index (χ4v) is 7.97. The van der Waals surface area contributed by atoms with Crippen LogP contribution in [0.5, 0.6) is 0 Å². The highest BCUT2D eigenvalue weighted by Crippen LogP contribution is 2.18. The van der Waals surface area contributed by atoms with Crippen LogP contribution in [0.3, 0.4) is 0 Å². The van der Waals surface area contributed by atoms with Gasteiger partial charge in [-0.05, 0) is 124 Å². The molecule has 0 radical (unpaired) electrons. The number of rotatable bonds is 41. The lowest BCUT2D eigenvalue weighted by atomic mass is 10.0. The van der Waals surface area contributed by atoms with Gasteiger partial charge in [-0.1, -0.05) is 141 Å². The maximum Gasteiger partial charge on any atom is 0.305 e. The molecule has 0 saturated carbocycles. The van der Waals surface area contributed by atoms with Gasteiger partial charge in [-0.25, -0.2) is 0 Å². The second-order valence-corrected chi connectivity index (χ2v) is 17.4. The zero-order valence-corrected chi connectivity index (χ0v) is 38.4. The molecule has 0 unspecified atom stereocenters. The Balaban J connectivity index is 2.24. The fraction of sp³-hybridized carbons (Fsp3) is 0.880. The molecule has 0 atom stereocenters. The molecule has 0 aromatic rings. The topological polar surface area (TPSA) is 62.3 Å². The average molecular weight is 802 g/mol. The van der Waals surface area contributed by atoms with Crippen molar-refractivity contribution in [3.63, 3.8) is 0 Å². The van der Waals surface area contributed by atoms with Gasteiger partial charge in [0.05, 0.1) is 0 Å². The molecular formula is C50H95N3O4. The number of carbonyl (C=O) groups excluding carboxylic acids is 2. The van der Waals surface area contributed by atoms with Gasteiger partial charge in [0.25, 0.3) is 0 Å². The van der Waals surface area contributed by atoms with Crippen LogP contribution in [-0.2, 0) is 19.1 Å². The Hall–Kier alpha value is -1.70. The number of hydrogen-bond donors (Lipinski definition) is 0. The molecule has 0 aliphatic carbocycles. The molecule has 0 aromatic carbocycles. The van der Waals surface area contributed by atoms with Gasteiger partial charge in [0.2, 0.25) is 0 Å². The smallest absolute Gasteiger partial charge is 0.305 e. The average Bonchev–Trinajstić information content (AvgIpc) is 3.20. The highest BCUT2D eigenvalue weighted by atomic mass is 16.5. The zero-order valence-electron chi connectivity index (χ0n) is 38.4. The molecule has 7 heteroatoms. The van der Waals surface area contributed by atoms with Crippen molar-refractivity contribution in [2.75, 3.05) is 66.6 Å². The number of piperidine rings is 1. The number of hydrogen-bond acceptors (Lipinski definition) is 7. The van der Waals surface area contributed by atoms with Crippen LogP contribution in [0.1, 0.15) is 213 Å². The summed E-state index contributed by atoms with van der Waals surface area (Å²) < 4.78 is 11.5. The van der Waals surface area contributed by atoms with E-state index >= 15 is 0 Å². The third kappa shape index (κ3) is 35.9. The van der Waals surface area contributed by atoms with Crippen LogP contribution in [0.4, 0.5) is 0 Å². The van der Waals surface area contributed by atoms with Crippen molar-refractivity contribution in [1.82, 2.24) is 14.7 Å². The van der Waals surface area contributed by atoms with Crippen molar-refractivity contribution in [1.29, 1.82) is 0 Å². The minimum atomic E-state index is -0.0744. The van der Waals surface area contributed by atoms with Crippen LogP contribution in [-0.4, -0.2) is 99.3 Å². The Labute approximate surface area is 354 Å². The van der Waals surface area contributed by atoms with E-state index < -0.39 is 0 Å². The molecule has 0 N–H and O–H groups in total. The van der Waals surface area contributed by atoms with E-state index in [4.69, 9.17) is 9.47 Å². The number of allylic oxidation sites excluding steroid dienone is 4. The second-order valence-electron chi connectivity index (χ2n) is 17.4. The maximum absolute atomic E-state index is 12.6. The summed E-state index contributed by atoms with van der Waals surface area (Å²) in [6, 6.07) is 0.434. The molecule has 57 heavy (non-hydrogen) atoms. The summed E-state index contributed by atoms with van der Waals surface area (Å²) in [5.74, 6) is -0.149. The van der Waals surface area contributed by atoms with Gasteiger partial charge in [0, 0.05) is 32.0 Å². The van der Waals surface area contributed by atoms with E-state index in [2.05, 4.69) is 66.9 Å². The second kappa shape index (κ2) is 41.1. The first-order valence-corrected chi connectivity index (χ1v) is 24.7. The van der Waals surface area contributed by atoms with Gasteiger partial charge < -0.3 is 19.3 Å². The third-order valence-corrected chi connectivity index (χ3v) is 11.7. The van der Waals surface area contributed by atoms with Gasteiger partial charge >= 0.3 is 11.9 Å². The number of likely N-dealkylation sites (tertiary alicyclic amines) is 1. The van der Waals surface area contributed by atoms with Crippen molar-refractivity contribution in [3.8, 4) is 0 Å². The third-order valence-electron chi connectivity index (χ3n) is 11.7. The SMILES string of the molecule is CCCCCCCC/C=C\CCCCCCCC(=O)OCCN(CCOC(=O)CCCCCCC/C=C\CCCCCCCC)C1CCN(CCCN(C)C)CC1. The molecule has 1 aliphatic rings. The standard InChI is InChI=1S/C50H95N3O4/c1-5-7-9-11-13-15-17-19-21-23-25-27-29-31-33-36-49(54)56-46-44-53(48-38-42-52(43-39-48)41-35-40-51(3)4)45-47-57-50(55)37-34-32-30-28-26-24-22-20-18-16-14-12-10-8-6-2/h19-22,48H,5-18,23-47H2,1-4H3/b21-19-,22-20-. The molecule has 1 rings (SSSR count). The van der Waals surface area contributed by atoms with Crippen LogP contribution < -0.4 is 0 Å². The molecule has 0 aromatic heterocycles. The first-order chi connectivity index (χ1) is 28.0. The summed E-state index contributed by atoms with van der Waals surface area (Å²) in [5.41, 5.74) is 0. The first kappa shape index (κ1) is 53.3. The number of nitrogens with zero attached hydrogens (tertiary/aromatic N) is 3. The Morgan fingerprint density at radius 2 is 0.877 bits per heavy atom. The molecule has 1 saturated heterocycles. The largest absolute Gasteiger partial charge is 0.464 e. The molecule has 334 valence electrons. The van der Waals surface area contributed by atoms with E-state index in [1.165, 1.54) is 148 Å². The predicted molar refractivity (Wildman–Crippen MR) is 245 cm³/mol. The highest BCUT2D eigenvalue weighted by Gasteiger charge is 2.25. The quantitative estimate of drug-likeness (QED) is 0.0347. The minimum Gasteiger partial charge on any atom is -0.464 e. The highest BCUT2D eigenvalue weighted by molar-refractivity contribution is 5.69. The Bertz CT molecular complexity index is 888. The Kier molecular flexibility index (Phi) is 38.4. The van der Waals surface area contributed by atoms with Crippen molar-refractivity contribution < 1.29 is 19.1 Å². The van der Waals surface area contributed by atoms with Gasteiger partial charge in [0.1, 0.15) is 13.2 Å². The summed E-state index contributed by atoms with van der Waals surface area (Å²) in [4.78, 5) is 32.4. The molecular weight excluding hydrogens is 707 g/mol. The Morgan fingerprint density at radius 1 is 0.509 bits per heavy atom. The maximum atomic E-state index is 12.6. The van der Waals surface area contributed by atoms with E-state index in [0.717, 1.165) is 64.7 Å². The minimum absolute atomic E-state index is 0.0744. The fourth-order valence-electron chi connectivity index (χ4n) is 7.97. The van der Waals surface area contributed by atoms with Gasteiger partial charge in [0.15, 0.2) is 0 Å². The zero-order chi connectivity index (χ0) is 41.3. The van der Waals surface area contributed by atoms with Crippen molar-refractivity contribution in [2.24, 2.45) is 0 Å². The monoisotopic (exact) mass is 802 g/mol. The van der Waals surface area contributed by atoms with Crippen LogP contribution in [0.15, 0.2) is 24.3 Å². The summed E-state index contributed by atoms with van der Waals surface area (Å²) in [6.07, 6.45) is 46.5. The molecule has 0 bridgehead atoms. The lowest BCUT2D eigenvalue weighted by molar-refractivity contribution is -0.145. The summed E-state index contributed by atoms with van der Waals surface area (Å²) in [6.45, 7) is 11.2. The van der Waals surface area contributed by atoms with E-state index in [9.17, 15) is 9.59 Å². The summed E-state index contributed by atoms with van der Waals surface area (Å²) >= 11 is 0. The number of esters is 2. The molecule has 7 nitrogen and oxygen atoms in total. The van der Waals surface area contributed by atoms with Crippen LogP contribution in [0.2, 0.25) is 0 Å². The molecule has 1 heterocycles. The van der Waals surface area contributed by atoms with Crippen molar-refractivity contribution in [2.45, 2.75) is 219 Å². The van der Waals surface area contributed by atoms with Crippen LogP contribution in [0.25, 0.3) is 0 Å². The molecule has 0 spiro atoms. The van der Waals surface area contributed by atoms with Crippen molar-refractivity contribution in [3.05, 3.63) is 24.3 Å². The predicted octanol–water partition coefficient (Wildman–Crippen LogP) is 12.9. The van der Waals surface area contributed by atoms with E-state index in [1.54, 1.807) is 0 Å². The van der Waals surface area contributed by atoms with Crippen LogP contribution >= 0.6 is 0 Å². The van der Waals surface area contributed by atoms with Gasteiger partial charge in [-0.15, -0.1) is 0 Å². The number of unbranched alkanes of at least 4 members (excludes halogenated alkanes) is 22. The van der Waals surface area contributed by atoms with Gasteiger partial charge in [-0.2, -0.15) is 0 Å². The van der Waals surface area contributed by atoms with E-state index in [1.807, 2.05) is 0 Å². The summed E-state index contributed by atoms with van der Waals surface area (Å²) in [7, 11) is 4.28. The van der Waals surface area contributed by atoms with Gasteiger partial charge in [-0.3, -0.25) is 14.5 Å². The van der Waals surface area contributed by atoms with Crippen molar-refractivity contribution >= 4 is 11.9 Å². The molecule has 0 amide bonds. The summed E-state index contributed by atoms with van der Waals surface area (Å²) in [5, 5.41) is 0.